The normalized spacial score (nSPS) is 11.0. The van der Waals surface area contributed by atoms with Crippen molar-refractivity contribution in [3.63, 3.8) is 0 Å². The van der Waals surface area contributed by atoms with Gasteiger partial charge in [0.15, 0.2) is 0 Å². The largest absolute Gasteiger partial charge is 0.339 e. The molecule has 0 spiro atoms. The van der Waals surface area contributed by atoms with Crippen LogP contribution in [-0.2, 0) is 0 Å². The van der Waals surface area contributed by atoms with Gasteiger partial charge in [0.2, 0.25) is 0 Å². The van der Waals surface area contributed by atoms with E-state index in [9.17, 15) is 0 Å². The highest BCUT2D eigenvalue weighted by Crippen LogP contribution is 1.79. The van der Waals surface area contributed by atoms with Gasteiger partial charge in [0.25, 0.3) is 0 Å². The zero-order valence-electron chi connectivity index (χ0n) is 7.01. The molecule has 0 atom stereocenters. The molecule has 1 N–H and O–H groups in total. The lowest BCUT2D eigenvalue weighted by Crippen LogP contribution is -2.30. The summed E-state index contributed by atoms with van der Waals surface area (Å²) in [7, 11) is -0.172. The van der Waals surface area contributed by atoms with Gasteiger partial charge < -0.3 is 4.98 Å². The lowest BCUT2D eigenvalue weighted by atomic mass is 10.4. The number of benzene rings is 1. The monoisotopic (exact) mass is 165 g/mol. The van der Waals surface area contributed by atoms with E-state index in [0.29, 0.717) is 0 Å². The van der Waals surface area contributed by atoms with Gasteiger partial charge in [0.05, 0.1) is 0 Å². The Balaban J connectivity index is 2.28. The molecule has 0 aromatic heterocycles. The van der Waals surface area contributed by atoms with Crippen LogP contribution in [0.3, 0.4) is 0 Å². The van der Waals surface area contributed by atoms with E-state index >= 15 is 0 Å². The highest BCUT2D eigenvalue weighted by molar-refractivity contribution is 6.50. The van der Waals surface area contributed by atoms with Crippen molar-refractivity contribution in [3.05, 3.63) is 30.3 Å². The third-order valence-corrected chi connectivity index (χ3v) is 3.08. The van der Waals surface area contributed by atoms with Crippen molar-refractivity contribution in [3.8, 4) is 0 Å². The van der Waals surface area contributed by atoms with Crippen LogP contribution >= 0.6 is 0 Å². The number of hydrogen-bond acceptors (Lipinski definition) is 1. The van der Waals surface area contributed by atoms with Crippen molar-refractivity contribution in [2.24, 2.45) is 0 Å². The summed E-state index contributed by atoms with van der Waals surface area (Å²) in [5, 5.41) is 1.50. The SMILES string of the molecule is CCCN[SiH2]c1ccccc1. The number of hydrogen-bond donors (Lipinski definition) is 1. The molecule has 0 aliphatic heterocycles. The molecule has 11 heavy (non-hydrogen) atoms. The van der Waals surface area contributed by atoms with Crippen molar-refractivity contribution in [1.82, 2.24) is 4.98 Å². The molecular formula is C9H15NSi. The van der Waals surface area contributed by atoms with E-state index in [1.54, 1.807) is 0 Å². The second-order valence-corrected chi connectivity index (χ2v) is 4.33. The molecule has 60 valence electrons. The third-order valence-electron chi connectivity index (χ3n) is 1.60. The van der Waals surface area contributed by atoms with Crippen molar-refractivity contribution in [2.75, 3.05) is 6.54 Å². The fourth-order valence-corrected chi connectivity index (χ4v) is 2.33. The minimum atomic E-state index is -0.172. The Bertz CT molecular complexity index is 186. The van der Waals surface area contributed by atoms with Crippen molar-refractivity contribution in [1.29, 1.82) is 0 Å². The van der Waals surface area contributed by atoms with Crippen LogP contribution in [0.4, 0.5) is 0 Å². The Morgan fingerprint density at radius 1 is 1.27 bits per heavy atom. The van der Waals surface area contributed by atoms with Crippen LogP contribution in [-0.4, -0.2) is 16.2 Å². The Morgan fingerprint density at radius 3 is 2.64 bits per heavy atom. The van der Waals surface area contributed by atoms with Gasteiger partial charge in [-0.15, -0.1) is 0 Å². The van der Waals surface area contributed by atoms with E-state index in [2.05, 4.69) is 42.2 Å². The molecule has 1 rings (SSSR count). The first-order valence-electron chi connectivity index (χ1n) is 4.18. The quantitative estimate of drug-likeness (QED) is 0.503. The summed E-state index contributed by atoms with van der Waals surface area (Å²) >= 11 is 0. The van der Waals surface area contributed by atoms with Gasteiger partial charge in [-0.05, 0) is 13.0 Å². The smallest absolute Gasteiger partial charge is 0.124 e. The van der Waals surface area contributed by atoms with Gasteiger partial charge >= 0.3 is 0 Å². The highest BCUT2D eigenvalue weighted by Gasteiger charge is 1.88. The molecule has 0 aliphatic carbocycles. The average molecular weight is 165 g/mol. The first-order chi connectivity index (χ1) is 5.43. The summed E-state index contributed by atoms with van der Waals surface area (Å²) in [6.07, 6.45) is 1.24. The molecule has 0 saturated carbocycles. The van der Waals surface area contributed by atoms with Crippen LogP contribution in [0.5, 0.6) is 0 Å². The topological polar surface area (TPSA) is 12.0 Å². The molecule has 1 nitrogen and oxygen atoms in total. The van der Waals surface area contributed by atoms with Crippen LogP contribution in [0.25, 0.3) is 0 Å². The molecule has 0 amide bonds. The average Bonchev–Trinajstić information content (AvgIpc) is 2.07. The summed E-state index contributed by atoms with van der Waals surface area (Å²) < 4.78 is 0. The second kappa shape index (κ2) is 5.10. The first-order valence-corrected chi connectivity index (χ1v) is 5.59. The van der Waals surface area contributed by atoms with Crippen molar-refractivity contribution in [2.45, 2.75) is 13.3 Å². The minimum Gasteiger partial charge on any atom is -0.339 e. The van der Waals surface area contributed by atoms with Crippen LogP contribution < -0.4 is 10.2 Å². The van der Waals surface area contributed by atoms with Crippen molar-refractivity contribution < 1.29 is 0 Å². The highest BCUT2D eigenvalue weighted by atomic mass is 28.2. The molecule has 0 saturated heterocycles. The lowest BCUT2D eigenvalue weighted by Gasteiger charge is -2.00. The fourth-order valence-electron chi connectivity index (χ4n) is 1.01. The Hall–Kier alpha value is -0.603. The summed E-state index contributed by atoms with van der Waals surface area (Å²) in [5.41, 5.74) is 0. The van der Waals surface area contributed by atoms with Gasteiger partial charge in [-0.1, -0.05) is 42.4 Å². The van der Waals surface area contributed by atoms with Crippen LogP contribution in [0.15, 0.2) is 30.3 Å². The van der Waals surface area contributed by atoms with E-state index in [4.69, 9.17) is 0 Å². The summed E-state index contributed by atoms with van der Waals surface area (Å²) in [6.45, 7) is 3.37. The standard InChI is InChI=1S/C9H15NSi/c1-2-8-10-11-9-6-4-3-5-7-9/h3-7,10H,2,8,11H2,1H3. The molecule has 0 heterocycles. The number of rotatable bonds is 4. The molecule has 0 bridgehead atoms. The second-order valence-electron chi connectivity index (χ2n) is 2.66. The van der Waals surface area contributed by atoms with Crippen LogP contribution in [0.2, 0.25) is 0 Å². The van der Waals surface area contributed by atoms with Gasteiger partial charge in [0, 0.05) is 0 Å². The van der Waals surface area contributed by atoms with E-state index in [-0.39, 0.29) is 9.68 Å². The van der Waals surface area contributed by atoms with Gasteiger partial charge in [-0.2, -0.15) is 0 Å². The van der Waals surface area contributed by atoms with E-state index in [0.717, 1.165) is 0 Å². The molecule has 0 radical (unpaired) electrons. The maximum atomic E-state index is 3.49. The zero-order chi connectivity index (χ0) is 7.94. The summed E-state index contributed by atoms with van der Waals surface area (Å²) in [5.74, 6) is 0. The molecule has 0 aliphatic rings. The first kappa shape index (κ1) is 8.49. The van der Waals surface area contributed by atoms with Crippen molar-refractivity contribution >= 4 is 14.9 Å². The predicted octanol–water partition coefficient (Wildman–Crippen LogP) is 0.395. The molecule has 0 fully saturated rings. The molecule has 2 heteroatoms. The maximum Gasteiger partial charge on any atom is 0.124 e. The van der Waals surface area contributed by atoms with Gasteiger partial charge in [0.1, 0.15) is 9.68 Å². The van der Waals surface area contributed by atoms with Gasteiger partial charge in [-0.3, -0.25) is 0 Å². The van der Waals surface area contributed by atoms with Crippen LogP contribution in [0, 0.1) is 0 Å². The summed E-state index contributed by atoms with van der Waals surface area (Å²) in [6, 6.07) is 10.7. The maximum absolute atomic E-state index is 3.49. The predicted molar refractivity (Wildman–Crippen MR) is 52.9 cm³/mol. The zero-order valence-corrected chi connectivity index (χ0v) is 8.42. The van der Waals surface area contributed by atoms with E-state index in [1.807, 2.05) is 0 Å². The summed E-state index contributed by atoms with van der Waals surface area (Å²) in [4.78, 5) is 3.49. The Morgan fingerprint density at radius 2 is 2.00 bits per heavy atom. The van der Waals surface area contributed by atoms with Gasteiger partial charge in [-0.25, -0.2) is 0 Å². The van der Waals surface area contributed by atoms with E-state index < -0.39 is 0 Å². The fraction of sp³-hybridized carbons (Fsp3) is 0.333. The Kier molecular flexibility index (Phi) is 3.94. The Labute approximate surface area is 70.7 Å². The lowest BCUT2D eigenvalue weighted by molar-refractivity contribution is 0.864. The molecular weight excluding hydrogens is 150 g/mol. The van der Waals surface area contributed by atoms with Crippen LogP contribution in [0.1, 0.15) is 13.3 Å². The number of nitrogens with one attached hydrogen (secondary N) is 1. The minimum absolute atomic E-state index is 0.172. The molecule has 1 aromatic rings. The van der Waals surface area contributed by atoms with E-state index in [1.165, 1.54) is 18.2 Å². The third kappa shape index (κ3) is 3.35. The molecule has 1 aromatic carbocycles. The molecule has 0 unspecified atom stereocenters.